The molecule has 7 nitrogen and oxygen atoms in total. The van der Waals surface area contributed by atoms with Gasteiger partial charge < -0.3 is 19.5 Å². The highest BCUT2D eigenvalue weighted by atomic mass is 16.6. The van der Waals surface area contributed by atoms with Gasteiger partial charge in [-0.1, -0.05) is 12.1 Å². The van der Waals surface area contributed by atoms with Crippen molar-refractivity contribution in [3.05, 3.63) is 53.6 Å². The third-order valence-corrected chi connectivity index (χ3v) is 4.33. The van der Waals surface area contributed by atoms with Crippen LogP contribution in [0.3, 0.4) is 0 Å². The lowest BCUT2D eigenvalue weighted by Crippen LogP contribution is -2.51. The average Bonchev–Trinajstić information content (AvgIpc) is 2.67. The van der Waals surface area contributed by atoms with Gasteiger partial charge in [-0.05, 0) is 64.4 Å². The SMILES string of the molecule is COc1cc(Oc2ccc(CC(=O)C(C)(C)NC(=O)OC(C)(C)C)cc2)ccc1C#N. The molecule has 7 heteroatoms. The molecule has 2 aromatic carbocycles. The molecule has 0 bridgehead atoms. The van der Waals surface area contributed by atoms with Crippen molar-refractivity contribution >= 4 is 11.9 Å². The molecular formula is C24H28N2O5. The Kier molecular flexibility index (Phi) is 7.29. The minimum atomic E-state index is -1.07. The van der Waals surface area contributed by atoms with E-state index in [2.05, 4.69) is 11.4 Å². The van der Waals surface area contributed by atoms with E-state index >= 15 is 0 Å². The standard InChI is InChI=1S/C24H28N2O5/c1-23(2,3)31-22(28)26-24(4,5)21(27)13-16-7-10-18(11-8-16)30-19-12-9-17(15-25)20(14-19)29-6/h7-12,14H,13H2,1-6H3,(H,26,28). The van der Waals surface area contributed by atoms with Gasteiger partial charge in [0, 0.05) is 12.5 Å². The molecule has 164 valence electrons. The summed E-state index contributed by atoms with van der Waals surface area (Å²) in [5, 5.41) is 11.7. The predicted molar refractivity (Wildman–Crippen MR) is 116 cm³/mol. The Labute approximate surface area is 182 Å². The molecule has 0 aromatic heterocycles. The first-order chi connectivity index (χ1) is 14.4. The molecule has 31 heavy (non-hydrogen) atoms. The molecule has 0 spiro atoms. The highest BCUT2D eigenvalue weighted by Crippen LogP contribution is 2.28. The third kappa shape index (κ3) is 7.03. The number of amides is 1. The Morgan fingerprint density at radius 3 is 2.16 bits per heavy atom. The summed E-state index contributed by atoms with van der Waals surface area (Å²) in [5.74, 6) is 1.39. The van der Waals surface area contributed by atoms with E-state index in [9.17, 15) is 9.59 Å². The first-order valence-corrected chi connectivity index (χ1v) is 9.83. The van der Waals surface area contributed by atoms with Crippen LogP contribution in [0.25, 0.3) is 0 Å². The Morgan fingerprint density at radius 2 is 1.61 bits per heavy atom. The van der Waals surface area contributed by atoms with Crippen LogP contribution in [-0.2, 0) is 16.0 Å². The van der Waals surface area contributed by atoms with Crippen molar-refractivity contribution in [3.63, 3.8) is 0 Å². The third-order valence-electron chi connectivity index (χ3n) is 4.33. The van der Waals surface area contributed by atoms with E-state index in [1.165, 1.54) is 7.11 Å². The Morgan fingerprint density at radius 1 is 1.00 bits per heavy atom. The van der Waals surface area contributed by atoms with Crippen LogP contribution in [0.2, 0.25) is 0 Å². The summed E-state index contributed by atoms with van der Waals surface area (Å²) in [7, 11) is 1.49. The number of hydrogen-bond donors (Lipinski definition) is 1. The van der Waals surface area contributed by atoms with Crippen LogP contribution in [0, 0.1) is 11.3 Å². The zero-order valence-corrected chi connectivity index (χ0v) is 18.7. The maximum atomic E-state index is 12.7. The lowest BCUT2D eigenvalue weighted by molar-refractivity contribution is -0.123. The van der Waals surface area contributed by atoms with E-state index < -0.39 is 17.2 Å². The van der Waals surface area contributed by atoms with Crippen LogP contribution in [0.4, 0.5) is 4.79 Å². The number of nitrogens with one attached hydrogen (secondary N) is 1. The number of nitrogens with zero attached hydrogens (tertiary/aromatic N) is 1. The largest absolute Gasteiger partial charge is 0.495 e. The van der Waals surface area contributed by atoms with Crippen molar-refractivity contribution in [1.29, 1.82) is 5.26 Å². The van der Waals surface area contributed by atoms with Crippen molar-refractivity contribution < 1.29 is 23.8 Å². The van der Waals surface area contributed by atoms with Crippen molar-refractivity contribution in [2.75, 3.05) is 7.11 Å². The number of alkyl carbamates (subject to hydrolysis) is 1. The lowest BCUT2D eigenvalue weighted by Gasteiger charge is -2.27. The van der Waals surface area contributed by atoms with Gasteiger partial charge in [0.1, 0.15) is 28.9 Å². The van der Waals surface area contributed by atoms with Gasteiger partial charge in [-0.3, -0.25) is 4.79 Å². The van der Waals surface area contributed by atoms with Crippen LogP contribution >= 0.6 is 0 Å². The summed E-state index contributed by atoms with van der Waals surface area (Å²) in [6.45, 7) is 8.58. The van der Waals surface area contributed by atoms with E-state index in [-0.39, 0.29) is 12.2 Å². The molecule has 0 aliphatic carbocycles. The zero-order valence-electron chi connectivity index (χ0n) is 18.7. The normalized spacial score (nSPS) is 11.3. The Bertz CT molecular complexity index is 983. The highest BCUT2D eigenvalue weighted by Gasteiger charge is 2.31. The van der Waals surface area contributed by atoms with Gasteiger partial charge in [-0.2, -0.15) is 5.26 Å². The molecule has 2 aromatic rings. The zero-order chi connectivity index (χ0) is 23.2. The van der Waals surface area contributed by atoms with Crippen molar-refractivity contribution in [2.24, 2.45) is 0 Å². The highest BCUT2D eigenvalue weighted by molar-refractivity contribution is 5.92. The molecule has 0 radical (unpaired) electrons. The quantitative estimate of drug-likeness (QED) is 0.687. The first-order valence-electron chi connectivity index (χ1n) is 9.83. The van der Waals surface area contributed by atoms with E-state index in [4.69, 9.17) is 19.5 Å². The van der Waals surface area contributed by atoms with Crippen LogP contribution in [0.15, 0.2) is 42.5 Å². The molecule has 0 unspecified atom stereocenters. The van der Waals surface area contributed by atoms with E-state index in [0.29, 0.717) is 22.8 Å². The number of carbonyl (C=O) groups excluding carboxylic acids is 2. The van der Waals surface area contributed by atoms with Gasteiger partial charge in [0.25, 0.3) is 0 Å². The number of benzene rings is 2. The van der Waals surface area contributed by atoms with E-state index in [1.54, 1.807) is 77.1 Å². The number of carbonyl (C=O) groups is 2. The summed E-state index contributed by atoms with van der Waals surface area (Å²) in [5.41, 5.74) is -0.505. The van der Waals surface area contributed by atoms with E-state index in [0.717, 1.165) is 5.56 Å². The van der Waals surface area contributed by atoms with Gasteiger partial charge in [0.05, 0.1) is 18.2 Å². The molecule has 2 rings (SSSR count). The number of Topliss-reactive ketones (excluding diaryl/α,β-unsaturated/α-hetero) is 1. The summed E-state index contributed by atoms with van der Waals surface area (Å²) in [6.07, 6.45) is -0.485. The molecule has 0 atom stereocenters. The second-order valence-corrected chi connectivity index (χ2v) is 8.57. The number of nitriles is 1. The number of hydrogen-bond acceptors (Lipinski definition) is 6. The Balaban J connectivity index is 2.01. The fourth-order valence-electron chi connectivity index (χ4n) is 2.67. The number of ketones is 1. The average molecular weight is 424 g/mol. The molecule has 0 saturated carbocycles. The maximum absolute atomic E-state index is 12.7. The molecule has 0 heterocycles. The van der Waals surface area contributed by atoms with Crippen molar-refractivity contribution in [3.8, 4) is 23.3 Å². The first kappa shape index (κ1) is 23.7. The van der Waals surface area contributed by atoms with Crippen LogP contribution in [0.5, 0.6) is 17.2 Å². The fourth-order valence-corrected chi connectivity index (χ4v) is 2.67. The van der Waals surface area contributed by atoms with Gasteiger partial charge in [0.15, 0.2) is 5.78 Å². The number of methoxy groups -OCH3 is 1. The molecule has 1 N–H and O–H groups in total. The molecule has 0 fully saturated rings. The smallest absolute Gasteiger partial charge is 0.408 e. The number of rotatable bonds is 7. The van der Waals surface area contributed by atoms with Gasteiger partial charge >= 0.3 is 6.09 Å². The fraction of sp³-hybridized carbons (Fsp3) is 0.375. The monoisotopic (exact) mass is 424 g/mol. The predicted octanol–water partition coefficient (Wildman–Crippen LogP) is 4.77. The molecule has 0 aliphatic rings. The topological polar surface area (TPSA) is 97.7 Å². The second-order valence-electron chi connectivity index (χ2n) is 8.57. The maximum Gasteiger partial charge on any atom is 0.408 e. The number of ether oxygens (including phenoxy) is 3. The lowest BCUT2D eigenvalue weighted by atomic mass is 9.94. The molecular weight excluding hydrogens is 396 g/mol. The summed E-state index contributed by atoms with van der Waals surface area (Å²) in [6, 6.07) is 14.1. The van der Waals surface area contributed by atoms with Crippen molar-refractivity contribution in [1.82, 2.24) is 5.32 Å². The van der Waals surface area contributed by atoms with Gasteiger partial charge in [-0.25, -0.2) is 4.79 Å². The Hall–Kier alpha value is -3.53. The van der Waals surface area contributed by atoms with Crippen LogP contribution in [0.1, 0.15) is 45.7 Å². The molecule has 0 aliphatic heterocycles. The molecule has 0 saturated heterocycles. The summed E-state index contributed by atoms with van der Waals surface area (Å²) >= 11 is 0. The van der Waals surface area contributed by atoms with Crippen molar-refractivity contribution in [2.45, 2.75) is 52.2 Å². The van der Waals surface area contributed by atoms with Crippen LogP contribution in [-0.4, -0.2) is 30.1 Å². The van der Waals surface area contributed by atoms with Gasteiger partial charge in [-0.15, -0.1) is 0 Å². The molecule has 1 amide bonds. The summed E-state index contributed by atoms with van der Waals surface area (Å²) in [4.78, 5) is 24.7. The van der Waals surface area contributed by atoms with E-state index in [1.807, 2.05) is 0 Å². The van der Waals surface area contributed by atoms with Crippen LogP contribution < -0.4 is 14.8 Å². The minimum Gasteiger partial charge on any atom is -0.495 e. The summed E-state index contributed by atoms with van der Waals surface area (Å²) < 4.78 is 16.2. The van der Waals surface area contributed by atoms with Gasteiger partial charge in [0.2, 0.25) is 0 Å². The minimum absolute atomic E-state index is 0.147. The second kappa shape index (κ2) is 9.52.